The lowest BCUT2D eigenvalue weighted by Crippen LogP contribution is -2.50. The highest BCUT2D eigenvalue weighted by Crippen LogP contribution is 2.27. The normalized spacial score (nSPS) is 13.8. The number of amides is 3. The van der Waals surface area contributed by atoms with Gasteiger partial charge in [0.05, 0.1) is 28.7 Å². The maximum Gasteiger partial charge on any atom is 0.389 e. The van der Waals surface area contributed by atoms with Crippen LogP contribution in [0.15, 0.2) is 12.1 Å². The van der Waals surface area contributed by atoms with E-state index >= 15 is 0 Å². The molecule has 2 atom stereocenters. The molecule has 0 heterocycles. The van der Waals surface area contributed by atoms with E-state index in [4.69, 9.17) is 11.6 Å². The highest BCUT2D eigenvalue weighted by molar-refractivity contribution is 6.31. The number of halogens is 7. The zero-order valence-corrected chi connectivity index (χ0v) is 18.2. The van der Waals surface area contributed by atoms with Crippen LogP contribution in [-0.2, 0) is 9.59 Å². The first-order valence-electron chi connectivity index (χ1n) is 9.48. The number of benzene rings is 1. The molecule has 3 amide bonds. The van der Waals surface area contributed by atoms with Crippen LogP contribution in [0.2, 0.25) is 5.02 Å². The summed E-state index contributed by atoms with van der Waals surface area (Å²) in [7, 11) is 1.16. The number of nitrogens with one attached hydrogen (secondary N) is 3. The van der Waals surface area contributed by atoms with Crippen molar-refractivity contribution < 1.29 is 45.8 Å². The minimum absolute atomic E-state index is 0.529. The molecule has 0 fully saturated rings. The molecule has 0 bridgehead atoms. The number of alkyl halides is 5. The summed E-state index contributed by atoms with van der Waals surface area (Å²) in [5, 5.41) is 15.7. The molecule has 1 aromatic rings. The number of carbonyl (C=O) groups excluding carboxylic acids is 3. The molecule has 0 aromatic heterocycles. The molecule has 0 spiro atoms. The third-order valence-corrected chi connectivity index (χ3v) is 4.61. The molecule has 4 N–H and O–H groups in total. The molecule has 186 valence electrons. The van der Waals surface area contributed by atoms with Crippen molar-refractivity contribution in [3.05, 3.63) is 28.5 Å². The SMILES string of the molecule is CNC(=O)[C@@H](O)[C@H](CCC(C)(F)F)NC(=O)c1cc(Cl)c(F)cc1NC(=O)CCC(F)(F)F. The fourth-order valence-electron chi connectivity index (χ4n) is 2.60. The number of rotatable bonds is 10. The summed E-state index contributed by atoms with van der Waals surface area (Å²) in [5.41, 5.74) is -1.07. The van der Waals surface area contributed by atoms with Gasteiger partial charge in [-0.25, -0.2) is 13.2 Å². The molecule has 33 heavy (non-hydrogen) atoms. The van der Waals surface area contributed by atoms with Gasteiger partial charge in [0, 0.05) is 19.9 Å². The van der Waals surface area contributed by atoms with Crippen LogP contribution in [0, 0.1) is 5.82 Å². The second-order valence-corrected chi connectivity index (χ2v) is 7.63. The van der Waals surface area contributed by atoms with Gasteiger partial charge in [0.15, 0.2) is 6.10 Å². The fourth-order valence-corrected chi connectivity index (χ4v) is 2.76. The zero-order chi connectivity index (χ0) is 25.6. The van der Waals surface area contributed by atoms with Crippen LogP contribution in [0.5, 0.6) is 0 Å². The van der Waals surface area contributed by atoms with Gasteiger partial charge in [-0.3, -0.25) is 14.4 Å². The van der Waals surface area contributed by atoms with E-state index in [1.165, 1.54) is 0 Å². The summed E-state index contributed by atoms with van der Waals surface area (Å²) in [5.74, 6) is -7.63. The quantitative estimate of drug-likeness (QED) is 0.366. The van der Waals surface area contributed by atoms with Crippen molar-refractivity contribution in [1.82, 2.24) is 10.6 Å². The Labute approximate surface area is 189 Å². The molecule has 1 aromatic carbocycles. The van der Waals surface area contributed by atoms with Gasteiger partial charge in [-0.15, -0.1) is 0 Å². The molecule has 0 saturated heterocycles. The van der Waals surface area contributed by atoms with Crippen LogP contribution in [0.4, 0.5) is 32.0 Å². The number of anilines is 1. The molecule has 1 rings (SSSR count). The molecular formula is C19H22ClF6N3O4. The van der Waals surface area contributed by atoms with Crippen molar-refractivity contribution in [1.29, 1.82) is 0 Å². The molecular weight excluding hydrogens is 484 g/mol. The van der Waals surface area contributed by atoms with E-state index < -0.39 is 89.7 Å². The lowest BCUT2D eigenvalue weighted by molar-refractivity contribution is -0.142. The van der Waals surface area contributed by atoms with Crippen molar-refractivity contribution in [2.45, 2.75) is 56.9 Å². The first-order valence-corrected chi connectivity index (χ1v) is 9.86. The van der Waals surface area contributed by atoms with Crippen LogP contribution in [-0.4, -0.2) is 54.1 Å². The highest BCUT2D eigenvalue weighted by Gasteiger charge is 2.32. The Morgan fingerprint density at radius 1 is 1.12 bits per heavy atom. The van der Waals surface area contributed by atoms with Crippen LogP contribution in [0.3, 0.4) is 0 Å². The van der Waals surface area contributed by atoms with E-state index in [-0.39, 0.29) is 0 Å². The summed E-state index contributed by atoms with van der Waals surface area (Å²) in [6.07, 6.45) is -10.4. The molecule has 0 aliphatic rings. The molecule has 14 heteroatoms. The Kier molecular flexibility index (Phi) is 9.97. The van der Waals surface area contributed by atoms with Crippen molar-refractivity contribution >= 4 is 35.0 Å². The summed E-state index contributed by atoms with van der Waals surface area (Å²) >= 11 is 5.65. The van der Waals surface area contributed by atoms with Gasteiger partial charge in [0.25, 0.3) is 11.8 Å². The first-order chi connectivity index (χ1) is 15.0. The molecule has 0 unspecified atom stereocenters. The molecule has 0 radical (unpaired) electrons. The maximum absolute atomic E-state index is 13.9. The minimum atomic E-state index is -4.63. The maximum atomic E-state index is 13.9. The second-order valence-electron chi connectivity index (χ2n) is 7.22. The molecule has 0 aliphatic carbocycles. The number of hydrogen-bond donors (Lipinski definition) is 4. The largest absolute Gasteiger partial charge is 0.389 e. The van der Waals surface area contributed by atoms with Gasteiger partial charge in [-0.2, -0.15) is 13.2 Å². The smallest absolute Gasteiger partial charge is 0.381 e. The number of hydrogen-bond acceptors (Lipinski definition) is 4. The van der Waals surface area contributed by atoms with Gasteiger partial charge in [-0.1, -0.05) is 11.6 Å². The second kappa shape index (κ2) is 11.5. The number of aliphatic hydroxyl groups excluding tert-OH is 1. The first kappa shape index (κ1) is 28.5. The van der Waals surface area contributed by atoms with E-state index in [0.29, 0.717) is 13.0 Å². The van der Waals surface area contributed by atoms with Gasteiger partial charge in [0.1, 0.15) is 5.82 Å². The lowest BCUT2D eigenvalue weighted by Gasteiger charge is -2.25. The van der Waals surface area contributed by atoms with Crippen LogP contribution >= 0.6 is 11.6 Å². The number of carbonyl (C=O) groups is 3. The predicted molar refractivity (Wildman–Crippen MR) is 107 cm³/mol. The van der Waals surface area contributed by atoms with Crippen molar-refractivity contribution in [2.75, 3.05) is 12.4 Å². The van der Waals surface area contributed by atoms with Crippen molar-refractivity contribution in [3.8, 4) is 0 Å². The number of aliphatic hydroxyl groups is 1. The zero-order valence-electron chi connectivity index (χ0n) is 17.5. The average molecular weight is 506 g/mol. The van der Waals surface area contributed by atoms with E-state index in [2.05, 4.69) is 10.6 Å². The minimum Gasteiger partial charge on any atom is -0.381 e. The van der Waals surface area contributed by atoms with Gasteiger partial charge in [0.2, 0.25) is 11.8 Å². The van der Waals surface area contributed by atoms with Crippen LogP contribution < -0.4 is 16.0 Å². The topological polar surface area (TPSA) is 108 Å². The third kappa shape index (κ3) is 9.86. The Morgan fingerprint density at radius 2 is 1.73 bits per heavy atom. The van der Waals surface area contributed by atoms with E-state index in [9.17, 15) is 45.8 Å². The fraction of sp³-hybridized carbons (Fsp3) is 0.526. The molecule has 0 aliphatic heterocycles. The van der Waals surface area contributed by atoms with E-state index in [0.717, 1.165) is 13.1 Å². The van der Waals surface area contributed by atoms with Crippen LogP contribution in [0.1, 0.15) is 43.0 Å². The Hall–Kier alpha value is -2.54. The molecule has 0 saturated carbocycles. The Bertz CT molecular complexity index is 876. The van der Waals surface area contributed by atoms with E-state index in [1.54, 1.807) is 0 Å². The highest BCUT2D eigenvalue weighted by atomic mass is 35.5. The summed E-state index contributed by atoms with van der Waals surface area (Å²) < 4.78 is 77.4. The average Bonchev–Trinajstić information content (AvgIpc) is 2.69. The standard InChI is InChI=1S/C19H22ClF6N3O4/c1-18(22,23)5-3-12(15(31)17(33)27-2)29-16(32)9-7-10(20)11(21)8-13(9)28-14(30)4-6-19(24,25)26/h7-8,12,15,31H,3-6H2,1-2H3,(H,27,33)(H,28,30)(H,29,32)/t12-,15-/m0/s1. The third-order valence-electron chi connectivity index (χ3n) is 4.32. The number of likely N-dealkylation sites (N-methyl/N-ethyl adjacent to an activating group) is 1. The van der Waals surface area contributed by atoms with Crippen LogP contribution in [0.25, 0.3) is 0 Å². The van der Waals surface area contributed by atoms with Crippen molar-refractivity contribution in [2.24, 2.45) is 0 Å². The summed E-state index contributed by atoms with van der Waals surface area (Å²) in [6.45, 7) is 0.590. The molecule has 7 nitrogen and oxygen atoms in total. The summed E-state index contributed by atoms with van der Waals surface area (Å²) in [4.78, 5) is 36.3. The Balaban J connectivity index is 3.17. The Morgan fingerprint density at radius 3 is 2.24 bits per heavy atom. The van der Waals surface area contributed by atoms with E-state index in [1.807, 2.05) is 5.32 Å². The summed E-state index contributed by atoms with van der Waals surface area (Å²) in [6, 6.07) is -0.183. The van der Waals surface area contributed by atoms with Gasteiger partial charge < -0.3 is 21.1 Å². The lowest BCUT2D eigenvalue weighted by atomic mass is 10.0. The monoisotopic (exact) mass is 505 g/mol. The predicted octanol–water partition coefficient (Wildman–Crippen LogP) is 3.40. The van der Waals surface area contributed by atoms with Crippen molar-refractivity contribution in [3.63, 3.8) is 0 Å². The van der Waals surface area contributed by atoms with Gasteiger partial charge >= 0.3 is 6.18 Å². The van der Waals surface area contributed by atoms with Gasteiger partial charge in [-0.05, 0) is 25.5 Å².